The summed E-state index contributed by atoms with van der Waals surface area (Å²) >= 11 is 0. The second-order valence-electron chi connectivity index (χ2n) is 7.24. The summed E-state index contributed by atoms with van der Waals surface area (Å²) < 4.78 is 0. The first-order valence-electron chi connectivity index (χ1n) is 9.58. The first-order chi connectivity index (χ1) is 12.2. The van der Waals surface area contributed by atoms with Gasteiger partial charge in [-0.25, -0.2) is 4.79 Å². The minimum absolute atomic E-state index is 0.0833. The van der Waals surface area contributed by atoms with E-state index in [1.807, 2.05) is 18.3 Å². The van der Waals surface area contributed by atoms with E-state index in [1.54, 1.807) is 6.20 Å². The normalized spacial score (nSPS) is 25.5. The third kappa shape index (κ3) is 5.41. The van der Waals surface area contributed by atoms with Crippen molar-refractivity contribution < 1.29 is 9.90 Å². The maximum atomic E-state index is 12.0. The molecule has 1 aromatic rings. The summed E-state index contributed by atoms with van der Waals surface area (Å²) in [5.74, 6) is 0. The fourth-order valence-corrected chi connectivity index (χ4v) is 4.00. The van der Waals surface area contributed by atoms with E-state index in [4.69, 9.17) is 0 Å². The van der Waals surface area contributed by atoms with Crippen molar-refractivity contribution in [3.05, 3.63) is 30.1 Å². The Morgan fingerprint density at radius 1 is 1.24 bits per heavy atom. The number of rotatable bonds is 5. The van der Waals surface area contributed by atoms with Crippen molar-refractivity contribution in [2.24, 2.45) is 0 Å². The third-order valence-electron chi connectivity index (χ3n) is 5.45. The van der Waals surface area contributed by atoms with E-state index in [0.717, 1.165) is 57.2 Å². The number of aliphatic hydroxyl groups is 1. The molecule has 0 aromatic carbocycles. The molecule has 0 spiro atoms. The van der Waals surface area contributed by atoms with E-state index in [2.05, 4.69) is 20.5 Å². The highest BCUT2D eigenvalue weighted by Crippen LogP contribution is 2.25. The first kappa shape index (κ1) is 18.1. The Kier molecular flexibility index (Phi) is 6.64. The van der Waals surface area contributed by atoms with Gasteiger partial charge in [-0.2, -0.15) is 0 Å². The standard InChI is InChI=1S/C19H30N4O2/c24-18-6-2-1-5-17(18)23-12-8-16(9-13-23)22-19(25)21-11-7-15-4-3-10-20-14-15/h3-4,10,14,16-18,24H,1-2,5-9,11-13H2,(H2,21,22,25). The van der Waals surface area contributed by atoms with Crippen molar-refractivity contribution in [1.29, 1.82) is 0 Å². The zero-order valence-electron chi connectivity index (χ0n) is 14.9. The molecule has 1 saturated heterocycles. The maximum Gasteiger partial charge on any atom is 0.315 e. The molecule has 6 heteroatoms. The summed E-state index contributed by atoms with van der Waals surface area (Å²) in [5, 5.41) is 16.2. The van der Waals surface area contributed by atoms with Gasteiger partial charge in [-0.3, -0.25) is 9.88 Å². The summed E-state index contributed by atoms with van der Waals surface area (Å²) in [7, 11) is 0. The number of likely N-dealkylation sites (tertiary alicyclic amines) is 1. The third-order valence-corrected chi connectivity index (χ3v) is 5.45. The largest absolute Gasteiger partial charge is 0.391 e. The number of aromatic nitrogens is 1. The van der Waals surface area contributed by atoms with Crippen LogP contribution in [0, 0.1) is 0 Å². The van der Waals surface area contributed by atoms with Crippen LogP contribution in [-0.4, -0.2) is 58.8 Å². The van der Waals surface area contributed by atoms with Gasteiger partial charge in [0.2, 0.25) is 0 Å². The molecule has 2 unspecified atom stereocenters. The molecule has 0 radical (unpaired) electrons. The number of hydrogen-bond acceptors (Lipinski definition) is 4. The molecule has 6 nitrogen and oxygen atoms in total. The van der Waals surface area contributed by atoms with E-state index >= 15 is 0 Å². The van der Waals surface area contributed by atoms with Crippen LogP contribution in [0.4, 0.5) is 4.79 Å². The van der Waals surface area contributed by atoms with E-state index in [1.165, 1.54) is 6.42 Å². The maximum absolute atomic E-state index is 12.0. The molecule has 3 rings (SSSR count). The van der Waals surface area contributed by atoms with Crippen LogP contribution in [0.15, 0.2) is 24.5 Å². The van der Waals surface area contributed by atoms with Crippen LogP contribution in [0.1, 0.15) is 44.1 Å². The predicted octanol–water partition coefficient (Wildman–Crippen LogP) is 1.69. The number of carbonyl (C=O) groups is 1. The smallest absolute Gasteiger partial charge is 0.315 e. The van der Waals surface area contributed by atoms with E-state index in [0.29, 0.717) is 12.6 Å². The molecular formula is C19H30N4O2. The summed E-state index contributed by atoms with van der Waals surface area (Å²) in [6.07, 6.45) is 10.5. The van der Waals surface area contributed by atoms with Gasteiger partial charge in [-0.05, 0) is 43.7 Å². The van der Waals surface area contributed by atoms with Gasteiger partial charge in [0.25, 0.3) is 0 Å². The van der Waals surface area contributed by atoms with Crippen LogP contribution in [0.3, 0.4) is 0 Å². The predicted molar refractivity (Wildman–Crippen MR) is 97.3 cm³/mol. The molecule has 1 aromatic heterocycles. The van der Waals surface area contributed by atoms with E-state index in [-0.39, 0.29) is 18.2 Å². The van der Waals surface area contributed by atoms with Crippen LogP contribution in [0.25, 0.3) is 0 Å². The minimum atomic E-state index is -0.172. The molecule has 1 aliphatic carbocycles. The molecule has 1 saturated carbocycles. The number of nitrogens with zero attached hydrogens (tertiary/aromatic N) is 2. The quantitative estimate of drug-likeness (QED) is 0.758. The van der Waals surface area contributed by atoms with Gasteiger partial charge in [0.1, 0.15) is 0 Å². The summed E-state index contributed by atoms with van der Waals surface area (Å²) in [4.78, 5) is 18.5. The van der Waals surface area contributed by atoms with Gasteiger partial charge in [-0.15, -0.1) is 0 Å². The topological polar surface area (TPSA) is 77.5 Å². The number of aliphatic hydroxyl groups excluding tert-OH is 1. The molecule has 1 aliphatic heterocycles. The van der Waals surface area contributed by atoms with Gasteiger partial charge in [0.15, 0.2) is 0 Å². The molecule has 138 valence electrons. The van der Waals surface area contributed by atoms with Crippen molar-refractivity contribution in [2.75, 3.05) is 19.6 Å². The number of urea groups is 1. The molecule has 25 heavy (non-hydrogen) atoms. The highest BCUT2D eigenvalue weighted by Gasteiger charge is 2.31. The minimum Gasteiger partial charge on any atom is -0.391 e. The zero-order chi connectivity index (χ0) is 17.5. The highest BCUT2D eigenvalue weighted by molar-refractivity contribution is 5.74. The first-order valence-corrected chi connectivity index (χ1v) is 9.58. The monoisotopic (exact) mass is 346 g/mol. The van der Waals surface area contributed by atoms with E-state index < -0.39 is 0 Å². The molecule has 3 N–H and O–H groups in total. The highest BCUT2D eigenvalue weighted by atomic mass is 16.3. The summed E-state index contributed by atoms with van der Waals surface area (Å²) in [6.45, 7) is 2.54. The number of nitrogens with one attached hydrogen (secondary N) is 2. The lowest BCUT2D eigenvalue weighted by Gasteiger charge is -2.41. The Balaban J connectivity index is 1.33. The van der Waals surface area contributed by atoms with Gasteiger partial charge in [0, 0.05) is 44.1 Å². The zero-order valence-corrected chi connectivity index (χ0v) is 14.9. The lowest BCUT2D eigenvalue weighted by Crippen LogP contribution is -2.53. The molecule has 2 aliphatic rings. The Hall–Kier alpha value is -1.66. The van der Waals surface area contributed by atoms with Crippen molar-refractivity contribution in [3.63, 3.8) is 0 Å². The van der Waals surface area contributed by atoms with Gasteiger partial charge in [0.05, 0.1) is 6.10 Å². The second kappa shape index (κ2) is 9.15. The van der Waals surface area contributed by atoms with Gasteiger partial charge in [-0.1, -0.05) is 18.9 Å². The molecule has 2 heterocycles. The van der Waals surface area contributed by atoms with Crippen molar-refractivity contribution in [1.82, 2.24) is 20.5 Å². The molecule has 2 fully saturated rings. The van der Waals surface area contributed by atoms with Crippen molar-refractivity contribution in [3.8, 4) is 0 Å². The van der Waals surface area contributed by atoms with Crippen LogP contribution in [-0.2, 0) is 6.42 Å². The van der Waals surface area contributed by atoms with Crippen LogP contribution < -0.4 is 10.6 Å². The lowest BCUT2D eigenvalue weighted by molar-refractivity contribution is 0.00777. The van der Waals surface area contributed by atoms with Crippen LogP contribution in [0.2, 0.25) is 0 Å². The number of amides is 2. The van der Waals surface area contributed by atoms with Gasteiger partial charge >= 0.3 is 6.03 Å². The molecule has 0 bridgehead atoms. The Bertz CT molecular complexity index is 531. The molecule has 2 amide bonds. The van der Waals surface area contributed by atoms with Crippen LogP contribution in [0.5, 0.6) is 0 Å². The lowest BCUT2D eigenvalue weighted by atomic mass is 9.89. The second-order valence-corrected chi connectivity index (χ2v) is 7.24. The van der Waals surface area contributed by atoms with Crippen molar-refractivity contribution >= 4 is 6.03 Å². The fourth-order valence-electron chi connectivity index (χ4n) is 4.00. The number of hydrogen-bond donors (Lipinski definition) is 3. The molecular weight excluding hydrogens is 316 g/mol. The van der Waals surface area contributed by atoms with E-state index in [9.17, 15) is 9.90 Å². The van der Waals surface area contributed by atoms with Gasteiger partial charge < -0.3 is 15.7 Å². The average Bonchev–Trinajstić information content (AvgIpc) is 2.64. The Morgan fingerprint density at radius 3 is 2.76 bits per heavy atom. The summed E-state index contributed by atoms with van der Waals surface area (Å²) in [5.41, 5.74) is 1.13. The van der Waals surface area contributed by atoms with Crippen molar-refractivity contribution in [2.45, 2.75) is 63.1 Å². The number of carbonyl (C=O) groups excluding carboxylic acids is 1. The molecule has 2 atom stereocenters. The Labute approximate surface area is 150 Å². The fraction of sp³-hybridized carbons (Fsp3) is 0.684. The number of pyridine rings is 1. The number of piperidine rings is 1. The Morgan fingerprint density at radius 2 is 2.04 bits per heavy atom. The summed E-state index contributed by atoms with van der Waals surface area (Å²) in [6, 6.07) is 4.40. The average molecular weight is 346 g/mol. The van der Waals surface area contributed by atoms with Crippen LogP contribution >= 0.6 is 0 Å². The SMILES string of the molecule is O=C(NCCc1cccnc1)NC1CCN(C2CCCCC2O)CC1.